The second-order valence-corrected chi connectivity index (χ2v) is 5.29. The molecule has 0 aliphatic carbocycles. The van der Waals surface area contributed by atoms with Crippen molar-refractivity contribution in [3.63, 3.8) is 0 Å². The van der Waals surface area contributed by atoms with Crippen molar-refractivity contribution >= 4 is 5.91 Å². The molecule has 1 aromatic rings. The first-order valence-electron chi connectivity index (χ1n) is 7.17. The maximum atomic E-state index is 12.0. The number of amides is 1. The minimum absolute atomic E-state index is 0.0452. The Morgan fingerprint density at radius 2 is 2.14 bits per heavy atom. The van der Waals surface area contributed by atoms with E-state index in [1.54, 1.807) is 18.2 Å². The summed E-state index contributed by atoms with van der Waals surface area (Å²) in [5.74, 6) is -0.0452. The van der Waals surface area contributed by atoms with Crippen molar-refractivity contribution in [2.75, 3.05) is 13.2 Å². The highest BCUT2D eigenvalue weighted by molar-refractivity contribution is 5.81. The van der Waals surface area contributed by atoms with Gasteiger partial charge in [0.25, 0.3) is 0 Å². The normalized spacial score (nSPS) is 18.4. The quantitative estimate of drug-likeness (QED) is 0.845. The number of alkyl halides is 3. The van der Waals surface area contributed by atoms with E-state index in [1.165, 1.54) is 0 Å². The van der Waals surface area contributed by atoms with Gasteiger partial charge in [-0.05, 0) is 30.5 Å². The summed E-state index contributed by atoms with van der Waals surface area (Å²) in [4.78, 5) is 11.9. The molecule has 1 atom stereocenters. The fourth-order valence-corrected chi connectivity index (χ4v) is 2.33. The third kappa shape index (κ3) is 5.65. The van der Waals surface area contributed by atoms with Crippen LogP contribution in [0.25, 0.3) is 0 Å². The predicted molar refractivity (Wildman–Crippen MR) is 75.0 cm³/mol. The van der Waals surface area contributed by atoms with Crippen LogP contribution in [0.5, 0.6) is 0 Å². The van der Waals surface area contributed by atoms with Gasteiger partial charge >= 0.3 is 6.18 Å². The molecule has 1 fully saturated rings. The van der Waals surface area contributed by atoms with E-state index in [0.29, 0.717) is 12.1 Å². The lowest BCUT2D eigenvalue weighted by atomic mass is 10.1. The highest BCUT2D eigenvalue weighted by Crippen LogP contribution is 2.16. The molecule has 2 rings (SSSR count). The average Bonchev–Trinajstić information content (AvgIpc) is 2.98. The van der Waals surface area contributed by atoms with Crippen molar-refractivity contribution < 1.29 is 22.7 Å². The molecule has 2 N–H and O–H groups in total. The number of benzene rings is 1. The van der Waals surface area contributed by atoms with E-state index in [4.69, 9.17) is 0 Å². The van der Waals surface area contributed by atoms with Crippen LogP contribution in [-0.4, -0.2) is 31.3 Å². The van der Waals surface area contributed by atoms with Crippen molar-refractivity contribution in [1.82, 2.24) is 10.6 Å². The molecule has 0 aromatic heterocycles. The van der Waals surface area contributed by atoms with Gasteiger partial charge in [-0.1, -0.05) is 24.3 Å². The van der Waals surface area contributed by atoms with E-state index in [2.05, 4.69) is 15.4 Å². The molecule has 1 heterocycles. The minimum atomic E-state index is -4.32. The first-order valence-corrected chi connectivity index (χ1v) is 7.17. The Morgan fingerprint density at radius 1 is 1.36 bits per heavy atom. The number of rotatable bonds is 6. The predicted octanol–water partition coefficient (Wildman–Crippen LogP) is 2.13. The summed E-state index contributed by atoms with van der Waals surface area (Å²) in [6.45, 7) is -0.166. The van der Waals surface area contributed by atoms with Gasteiger partial charge in [0.2, 0.25) is 5.91 Å². The third-order valence-corrected chi connectivity index (χ3v) is 3.37. The van der Waals surface area contributed by atoms with E-state index in [0.717, 1.165) is 24.9 Å². The molecule has 1 amide bonds. The van der Waals surface area contributed by atoms with Crippen LogP contribution in [0.2, 0.25) is 0 Å². The second-order valence-electron chi connectivity index (χ2n) is 5.29. The second kappa shape index (κ2) is 7.60. The van der Waals surface area contributed by atoms with Gasteiger partial charge in [0.15, 0.2) is 0 Å². The molecule has 1 aliphatic rings. The van der Waals surface area contributed by atoms with Gasteiger partial charge in [-0.3, -0.25) is 4.79 Å². The van der Waals surface area contributed by atoms with E-state index in [-0.39, 0.29) is 18.6 Å². The van der Waals surface area contributed by atoms with Crippen molar-refractivity contribution in [3.05, 3.63) is 35.4 Å². The van der Waals surface area contributed by atoms with E-state index >= 15 is 0 Å². The molecule has 1 saturated heterocycles. The van der Waals surface area contributed by atoms with Crippen LogP contribution in [-0.2, 0) is 22.7 Å². The van der Waals surface area contributed by atoms with Crippen molar-refractivity contribution in [2.24, 2.45) is 0 Å². The van der Waals surface area contributed by atoms with Crippen LogP contribution in [0.4, 0.5) is 13.2 Å². The maximum Gasteiger partial charge on any atom is 0.411 e. The first kappa shape index (κ1) is 16.8. The monoisotopic (exact) mass is 316 g/mol. The third-order valence-electron chi connectivity index (χ3n) is 3.37. The Kier molecular flexibility index (Phi) is 5.79. The molecule has 1 unspecified atom stereocenters. The topological polar surface area (TPSA) is 50.4 Å². The first-order chi connectivity index (χ1) is 10.4. The number of carbonyl (C=O) groups is 1. The fraction of sp³-hybridized carbons (Fsp3) is 0.533. The lowest BCUT2D eigenvalue weighted by Crippen LogP contribution is -2.40. The number of hydrogen-bond donors (Lipinski definition) is 2. The lowest BCUT2D eigenvalue weighted by molar-refractivity contribution is -0.176. The molecule has 122 valence electrons. The zero-order valence-electron chi connectivity index (χ0n) is 12.1. The zero-order valence-corrected chi connectivity index (χ0v) is 12.1. The molecular formula is C15H19F3N2O2. The highest BCUT2D eigenvalue weighted by atomic mass is 19.4. The Hall–Kier alpha value is -1.60. The Labute approximate surface area is 127 Å². The van der Waals surface area contributed by atoms with Crippen molar-refractivity contribution in [1.29, 1.82) is 0 Å². The summed E-state index contributed by atoms with van der Waals surface area (Å²) in [5.41, 5.74) is 1.48. The van der Waals surface area contributed by atoms with Crippen LogP contribution in [0.1, 0.15) is 24.0 Å². The van der Waals surface area contributed by atoms with Gasteiger partial charge < -0.3 is 15.4 Å². The van der Waals surface area contributed by atoms with E-state index < -0.39 is 12.8 Å². The van der Waals surface area contributed by atoms with Gasteiger partial charge in [-0.15, -0.1) is 0 Å². The summed E-state index contributed by atoms with van der Waals surface area (Å²) < 4.78 is 40.7. The molecule has 0 bridgehead atoms. The highest BCUT2D eigenvalue weighted by Gasteiger charge is 2.27. The lowest BCUT2D eigenvalue weighted by Gasteiger charge is -2.12. The van der Waals surface area contributed by atoms with Crippen LogP contribution in [0.3, 0.4) is 0 Å². The van der Waals surface area contributed by atoms with Gasteiger partial charge in [0, 0.05) is 6.54 Å². The summed E-state index contributed by atoms with van der Waals surface area (Å²) in [6, 6.07) is 6.84. The number of ether oxygens (including phenoxy) is 1. The van der Waals surface area contributed by atoms with Gasteiger partial charge in [-0.2, -0.15) is 13.2 Å². The number of halogens is 3. The Morgan fingerprint density at radius 3 is 2.82 bits per heavy atom. The summed E-state index contributed by atoms with van der Waals surface area (Å²) in [7, 11) is 0. The Bertz CT molecular complexity index is 500. The molecule has 1 aliphatic heterocycles. The SMILES string of the molecule is O=C(NCc1cccc(COCC(F)(F)F)c1)C1CCCN1. The minimum Gasteiger partial charge on any atom is -0.367 e. The Balaban J connectivity index is 1.79. The molecule has 4 nitrogen and oxygen atoms in total. The average molecular weight is 316 g/mol. The molecule has 0 spiro atoms. The summed E-state index contributed by atoms with van der Waals surface area (Å²) in [5, 5.41) is 5.93. The molecular weight excluding hydrogens is 297 g/mol. The summed E-state index contributed by atoms with van der Waals surface area (Å²) >= 11 is 0. The van der Waals surface area contributed by atoms with Gasteiger partial charge in [0.05, 0.1) is 12.6 Å². The smallest absolute Gasteiger partial charge is 0.367 e. The molecule has 0 saturated carbocycles. The van der Waals surface area contributed by atoms with Gasteiger partial charge in [-0.25, -0.2) is 0 Å². The van der Waals surface area contributed by atoms with E-state index in [1.807, 2.05) is 6.07 Å². The molecule has 1 aromatic carbocycles. The van der Waals surface area contributed by atoms with E-state index in [9.17, 15) is 18.0 Å². The number of hydrogen-bond acceptors (Lipinski definition) is 3. The molecule has 0 radical (unpaired) electrons. The largest absolute Gasteiger partial charge is 0.411 e. The maximum absolute atomic E-state index is 12.0. The fourth-order valence-electron chi connectivity index (χ4n) is 2.33. The van der Waals surface area contributed by atoms with Crippen molar-refractivity contribution in [3.8, 4) is 0 Å². The summed E-state index contributed by atoms with van der Waals surface area (Å²) in [6.07, 6.45) is -2.50. The van der Waals surface area contributed by atoms with Crippen LogP contribution < -0.4 is 10.6 Å². The number of nitrogens with one attached hydrogen (secondary N) is 2. The van der Waals surface area contributed by atoms with Crippen molar-refractivity contribution in [2.45, 2.75) is 38.2 Å². The zero-order chi connectivity index (χ0) is 16.0. The van der Waals surface area contributed by atoms with Gasteiger partial charge in [0.1, 0.15) is 6.61 Å². The standard InChI is InChI=1S/C15H19F3N2O2/c16-15(17,18)10-22-9-12-4-1-3-11(7-12)8-20-14(21)13-5-2-6-19-13/h1,3-4,7,13,19H,2,5-6,8-10H2,(H,20,21). The number of carbonyl (C=O) groups excluding carboxylic acids is 1. The molecule has 7 heteroatoms. The van der Waals surface area contributed by atoms with Crippen LogP contribution in [0.15, 0.2) is 24.3 Å². The van der Waals surface area contributed by atoms with Crippen LogP contribution in [0, 0.1) is 0 Å². The van der Waals surface area contributed by atoms with Crippen LogP contribution >= 0.6 is 0 Å². The molecule has 22 heavy (non-hydrogen) atoms.